The number of aliphatic hydroxyl groups is 1. The predicted molar refractivity (Wildman–Crippen MR) is 53.4 cm³/mol. The van der Waals surface area contributed by atoms with Gasteiger partial charge in [-0.1, -0.05) is 17.7 Å². The van der Waals surface area contributed by atoms with Gasteiger partial charge >= 0.3 is 5.97 Å². The molecular formula is C10H10ClFO3. The molecule has 0 radical (unpaired) electrons. The number of rotatable bonds is 3. The summed E-state index contributed by atoms with van der Waals surface area (Å²) in [6.07, 6.45) is -0.792. The van der Waals surface area contributed by atoms with Gasteiger partial charge in [-0.15, -0.1) is 0 Å². The molecular weight excluding hydrogens is 223 g/mol. The van der Waals surface area contributed by atoms with Crippen molar-refractivity contribution in [3.63, 3.8) is 0 Å². The van der Waals surface area contributed by atoms with Gasteiger partial charge in [0.15, 0.2) is 0 Å². The first-order valence-electron chi connectivity index (χ1n) is 4.31. The molecule has 1 atom stereocenters. The molecule has 3 nitrogen and oxygen atoms in total. The molecule has 0 aromatic heterocycles. The number of benzene rings is 1. The Morgan fingerprint density at radius 3 is 2.87 bits per heavy atom. The second kappa shape index (κ2) is 5.09. The van der Waals surface area contributed by atoms with Gasteiger partial charge in [-0.3, -0.25) is 0 Å². The van der Waals surface area contributed by atoms with E-state index in [1.807, 2.05) is 0 Å². The van der Waals surface area contributed by atoms with Gasteiger partial charge in [-0.2, -0.15) is 0 Å². The lowest BCUT2D eigenvalue weighted by Crippen LogP contribution is -2.16. The minimum absolute atomic E-state index is 0.00871. The summed E-state index contributed by atoms with van der Waals surface area (Å²) in [4.78, 5) is 11.3. The highest BCUT2D eigenvalue weighted by Crippen LogP contribution is 2.19. The average molecular weight is 233 g/mol. The molecule has 0 aliphatic rings. The lowest BCUT2D eigenvalue weighted by molar-refractivity contribution is 0.0292. The third kappa shape index (κ3) is 3.18. The van der Waals surface area contributed by atoms with Crippen molar-refractivity contribution < 1.29 is 19.0 Å². The van der Waals surface area contributed by atoms with E-state index in [9.17, 15) is 9.18 Å². The summed E-state index contributed by atoms with van der Waals surface area (Å²) in [7, 11) is 0. The third-order valence-corrected chi connectivity index (χ3v) is 1.94. The van der Waals surface area contributed by atoms with E-state index in [1.54, 1.807) is 0 Å². The highest BCUT2D eigenvalue weighted by molar-refractivity contribution is 6.33. The minimum Gasteiger partial charge on any atom is -0.459 e. The monoisotopic (exact) mass is 232 g/mol. The summed E-state index contributed by atoms with van der Waals surface area (Å²) in [5.74, 6) is -1.61. The van der Waals surface area contributed by atoms with Crippen molar-refractivity contribution in [2.45, 2.75) is 13.0 Å². The molecule has 0 saturated heterocycles. The standard InChI is InChI=1S/C10H10ClFO3/c1-6(13)5-15-10(14)9-7(11)3-2-4-8(9)12/h2-4,6,13H,5H2,1H3/t6-/m0/s1. The Kier molecular flexibility index (Phi) is 4.05. The Hall–Kier alpha value is -1.13. The number of esters is 1. The quantitative estimate of drug-likeness (QED) is 0.811. The fourth-order valence-electron chi connectivity index (χ4n) is 0.961. The van der Waals surface area contributed by atoms with Crippen LogP contribution in [0.2, 0.25) is 5.02 Å². The summed E-state index contributed by atoms with van der Waals surface area (Å²) >= 11 is 5.64. The van der Waals surface area contributed by atoms with Crippen molar-refractivity contribution in [1.29, 1.82) is 0 Å². The van der Waals surface area contributed by atoms with Crippen LogP contribution in [-0.2, 0) is 4.74 Å². The summed E-state index contributed by atoms with van der Waals surface area (Å²) in [6, 6.07) is 3.90. The summed E-state index contributed by atoms with van der Waals surface area (Å²) in [5.41, 5.74) is -0.306. The van der Waals surface area contributed by atoms with Crippen molar-refractivity contribution in [2.75, 3.05) is 6.61 Å². The molecule has 0 bridgehead atoms. The van der Waals surface area contributed by atoms with Crippen LogP contribution in [0, 0.1) is 5.82 Å². The number of aliphatic hydroxyl groups excluding tert-OH is 1. The summed E-state index contributed by atoms with van der Waals surface area (Å²) in [5, 5.41) is 8.87. The first kappa shape index (κ1) is 11.9. The van der Waals surface area contributed by atoms with E-state index in [4.69, 9.17) is 16.7 Å². The Labute approximate surface area is 91.4 Å². The van der Waals surface area contributed by atoms with Gasteiger partial charge in [0.25, 0.3) is 0 Å². The minimum atomic E-state index is -0.876. The number of hydrogen-bond donors (Lipinski definition) is 1. The fourth-order valence-corrected chi connectivity index (χ4v) is 1.20. The molecule has 1 N–H and O–H groups in total. The lowest BCUT2D eigenvalue weighted by Gasteiger charge is -2.08. The van der Waals surface area contributed by atoms with Crippen LogP contribution in [0.4, 0.5) is 4.39 Å². The molecule has 0 spiro atoms. The number of halogens is 2. The maximum atomic E-state index is 13.2. The van der Waals surface area contributed by atoms with Gasteiger partial charge < -0.3 is 9.84 Å². The van der Waals surface area contributed by atoms with E-state index >= 15 is 0 Å². The van der Waals surface area contributed by atoms with E-state index in [0.29, 0.717) is 0 Å². The van der Waals surface area contributed by atoms with Crippen molar-refractivity contribution in [3.05, 3.63) is 34.6 Å². The largest absolute Gasteiger partial charge is 0.459 e. The number of carbonyl (C=O) groups is 1. The second-order valence-electron chi connectivity index (χ2n) is 3.04. The van der Waals surface area contributed by atoms with E-state index in [1.165, 1.54) is 19.1 Å². The predicted octanol–water partition coefficient (Wildman–Crippen LogP) is 2.02. The summed E-state index contributed by atoms with van der Waals surface area (Å²) < 4.78 is 17.8. The third-order valence-electron chi connectivity index (χ3n) is 1.62. The van der Waals surface area contributed by atoms with Crippen LogP contribution in [0.5, 0.6) is 0 Å². The zero-order valence-electron chi connectivity index (χ0n) is 8.04. The topological polar surface area (TPSA) is 46.5 Å². The molecule has 0 unspecified atom stereocenters. The Morgan fingerprint density at radius 1 is 1.67 bits per heavy atom. The Bertz CT molecular complexity index is 345. The van der Waals surface area contributed by atoms with E-state index in [-0.39, 0.29) is 17.2 Å². The van der Waals surface area contributed by atoms with Crippen LogP contribution in [0.3, 0.4) is 0 Å². The number of ether oxygens (including phenoxy) is 1. The van der Waals surface area contributed by atoms with E-state index in [2.05, 4.69) is 4.74 Å². The van der Waals surface area contributed by atoms with Gasteiger partial charge in [0.2, 0.25) is 0 Å². The first-order chi connectivity index (χ1) is 7.02. The molecule has 0 amide bonds. The molecule has 5 heteroatoms. The van der Waals surface area contributed by atoms with Crippen molar-refractivity contribution >= 4 is 17.6 Å². The van der Waals surface area contributed by atoms with Gasteiger partial charge in [0.05, 0.1) is 11.1 Å². The molecule has 0 aliphatic heterocycles. The fraction of sp³-hybridized carbons (Fsp3) is 0.300. The Morgan fingerprint density at radius 2 is 2.33 bits per heavy atom. The SMILES string of the molecule is C[C@H](O)COC(=O)c1c(F)cccc1Cl. The maximum absolute atomic E-state index is 13.2. The van der Waals surface area contributed by atoms with Crippen molar-refractivity contribution in [2.24, 2.45) is 0 Å². The molecule has 0 fully saturated rings. The normalized spacial score (nSPS) is 12.3. The number of hydrogen-bond acceptors (Lipinski definition) is 3. The van der Waals surface area contributed by atoms with Gasteiger partial charge in [-0.05, 0) is 19.1 Å². The molecule has 82 valence electrons. The lowest BCUT2D eigenvalue weighted by atomic mass is 10.2. The Balaban J connectivity index is 2.82. The summed E-state index contributed by atoms with van der Waals surface area (Å²) in [6.45, 7) is 1.26. The van der Waals surface area contributed by atoms with Crippen molar-refractivity contribution in [3.8, 4) is 0 Å². The molecule has 1 aromatic carbocycles. The zero-order chi connectivity index (χ0) is 11.4. The second-order valence-corrected chi connectivity index (χ2v) is 3.45. The zero-order valence-corrected chi connectivity index (χ0v) is 8.79. The van der Waals surface area contributed by atoms with Gasteiger partial charge in [0, 0.05) is 0 Å². The highest BCUT2D eigenvalue weighted by Gasteiger charge is 2.17. The van der Waals surface area contributed by atoms with Gasteiger partial charge in [-0.25, -0.2) is 9.18 Å². The number of carbonyl (C=O) groups excluding carboxylic acids is 1. The van der Waals surface area contributed by atoms with Crippen LogP contribution in [0.1, 0.15) is 17.3 Å². The molecule has 1 aromatic rings. The molecule has 1 rings (SSSR count). The van der Waals surface area contributed by atoms with Crippen LogP contribution < -0.4 is 0 Å². The molecule has 0 saturated carbocycles. The molecule has 0 heterocycles. The maximum Gasteiger partial charge on any atom is 0.342 e. The van der Waals surface area contributed by atoms with Crippen molar-refractivity contribution in [1.82, 2.24) is 0 Å². The molecule has 15 heavy (non-hydrogen) atoms. The van der Waals surface area contributed by atoms with Crippen LogP contribution in [0.15, 0.2) is 18.2 Å². The van der Waals surface area contributed by atoms with E-state index in [0.717, 1.165) is 6.07 Å². The first-order valence-corrected chi connectivity index (χ1v) is 4.69. The van der Waals surface area contributed by atoms with Gasteiger partial charge in [0.1, 0.15) is 18.0 Å². The molecule has 0 aliphatic carbocycles. The smallest absolute Gasteiger partial charge is 0.342 e. The van der Waals surface area contributed by atoms with Crippen LogP contribution >= 0.6 is 11.6 Å². The van der Waals surface area contributed by atoms with Crippen LogP contribution in [0.25, 0.3) is 0 Å². The highest BCUT2D eigenvalue weighted by atomic mass is 35.5. The van der Waals surface area contributed by atoms with Crippen LogP contribution in [-0.4, -0.2) is 23.8 Å². The average Bonchev–Trinajstić information content (AvgIpc) is 2.14. The van der Waals surface area contributed by atoms with E-state index < -0.39 is 17.9 Å².